The van der Waals surface area contributed by atoms with Crippen LogP contribution in [0.4, 0.5) is 4.39 Å². The second-order valence-electron chi connectivity index (χ2n) is 6.85. The van der Waals surface area contributed by atoms with E-state index in [0.29, 0.717) is 45.9 Å². The summed E-state index contributed by atoms with van der Waals surface area (Å²) in [5, 5.41) is 9.27. The van der Waals surface area contributed by atoms with Gasteiger partial charge < -0.3 is 19.5 Å². The van der Waals surface area contributed by atoms with Gasteiger partial charge in [0, 0.05) is 35.4 Å². The zero-order valence-corrected chi connectivity index (χ0v) is 19.3. The Morgan fingerprint density at radius 1 is 1.09 bits per heavy atom. The van der Waals surface area contributed by atoms with Crippen molar-refractivity contribution < 1.29 is 28.2 Å². The van der Waals surface area contributed by atoms with E-state index in [0.717, 1.165) is 5.56 Å². The quantitative estimate of drug-likeness (QED) is 0.348. The molecule has 174 valence electrons. The van der Waals surface area contributed by atoms with Crippen LogP contribution in [0.1, 0.15) is 22.3 Å². The molecule has 3 aromatic rings. The van der Waals surface area contributed by atoms with Crippen LogP contribution in [0.2, 0.25) is 0 Å². The molecule has 2 aromatic carbocycles. The van der Waals surface area contributed by atoms with Gasteiger partial charge in [-0.25, -0.2) is 9.82 Å². The van der Waals surface area contributed by atoms with Crippen LogP contribution in [0.15, 0.2) is 46.9 Å². The summed E-state index contributed by atoms with van der Waals surface area (Å²) in [4.78, 5) is 24.7. The first-order valence-corrected chi connectivity index (χ1v) is 10.9. The van der Waals surface area contributed by atoms with Crippen molar-refractivity contribution in [2.24, 2.45) is 5.10 Å². The molecule has 2 N–H and O–H groups in total. The number of hydrazone groups is 1. The van der Waals surface area contributed by atoms with E-state index in [1.807, 2.05) is 0 Å². The van der Waals surface area contributed by atoms with Crippen LogP contribution in [-0.4, -0.2) is 52.0 Å². The summed E-state index contributed by atoms with van der Waals surface area (Å²) in [6.07, 6.45) is 0.414. The number of halogens is 1. The smallest absolute Gasteiger partial charge is 0.259 e. The van der Waals surface area contributed by atoms with Crippen molar-refractivity contribution in [3.05, 3.63) is 58.7 Å². The Labute approximate surface area is 194 Å². The Bertz CT molecular complexity index is 1180. The van der Waals surface area contributed by atoms with Crippen LogP contribution < -0.4 is 20.2 Å². The maximum Gasteiger partial charge on any atom is 0.259 e. The van der Waals surface area contributed by atoms with Gasteiger partial charge in [0.1, 0.15) is 5.82 Å². The Balaban J connectivity index is 1.67. The van der Waals surface area contributed by atoms with Gasteiger partial charge in [0.05, 0.1) is 37.8 Å². The van der Waals surface area contributed by atoms with Gasteiger partial charge in [0.15, 0.2) is 11.5 Å². The minimum absolute atomic E-state index is 0.284. The van der Waals surface area contributed by atoms with Gasteiger partial charge in [-0.2, -0.15) is 5.10 Å². The number of hydrogen-bond donors (Lipinski definition) is 2. The SMILES string of the molecule is COCC/C(=N/NC(=O)CNC(=O)c1ccc(OC)c(OC)c1)c1csc2c(F)cccc12. The minimum Gasteiger partial charge on any atom is -0.493 e. The largest absolute Gasteiger partial charge is 0.493 e. The molecular formula is C23H24FN3O5S. The van der Waals surface area contributed by atoms with E-state index < -0.39 is 11.8 Å². The van der Waals surface area contributed by atoms with E-state index in [2.05, 4.69) is 15.8 Å². The molecule has 0 unspecified atom stereocenters. The molecule has 2 amide bonds. The summed E-state index contributed by atoms with van der Waals surface area (Å²) in [5.41, 5.74) is 4.04. The Kier molecular flexibility index (Phi) is 8.34. The lowest BCUT2D eigenvalue weighted by Gasteiger charge is -2.10. The standard InChI is InChI=1S/C23H24FN3O5S/c1-30-10-9-18(16-13-33-22-15(16)5-4-6-17(22)24)26-27-21(28)12-25-23(29)14-7-8-19(31-2)20(11-14)32-3/h4-8,11,13H,9-10,12H2,1-3H3,(H,25,29)(H,27,28)/b26-18-. The Morgan fingerprint density at radius 2 is 1.88 bits per heavy atom. The molecular weight excluding hydrogens is 449 g/mol. The first kappa shape index (κ1) is 24.1. The molecule has 0 saturated heterocycles. The van der Waals surface area contributed by atoms with Crippen molar-refractivity contribution in [2.75, 3.05) is 34.5 Å². The molecule has 0 atom stereocenters. The number of carbonyl (C=O) groups excluding carboxylic acids is 2. The van der Waals surface area contributed by atoms with Gasteiger partial charge >= 0.3 is 0 Å². The van der Waals surface area contributed by atoms with Crippen molar-refractivity contribution >= 4 is 38.9 Å². The molecule has 0 spiro atoms. The van der Waals surface area contributed by atoms with Crippen LogP contribution in [0.5, 0.6) is 11.5 Å². The van der Waals surface area contributed by atoms with Gasteiger partial charge in [0.2, 0.25) is 0 Å². The number of benzene rings is 2. The summed E-state index contributed by atoms with van der Waals surface area (Å²) in [6, 6.07) is 9.53. The van der Waals surface area contributed by atoms with E-state index in [-0.39, 0.29) is 12.4 Å². The predicted molar refractivity (Wildman–Crippen MR) is 125 cm³/mol. The maximum atomic E-state index is 14.1. The van der Waals surface area contributed by atoms with Crippen molar-refractivity contribution in [1.82, 2.24) is 10.7 Å². The molecule has 0 bridgehead atoms. The normalized spacial score (nSPS) is 11.3. The van der Waals surface area contributed by atoms with E-state index >= 15 is 0 Å². The third-order valence-corrected chi connectivity index (χ3v) is 5.78. The topological polar surface area (TPSA) is 98.2 Å². The average Bonchev–Trinajstić information content (AvgIpc) is 3.27. The molecule has 33 heavy (non-hydrogen) atoms. The fourth-order valence-corrected chi connectivity index (χ4v) is 4.09. The molecule has 0 aliphatic rings. The lowest BCUT2D eigenvalue weighted by molar-refractivity contribution is -0.120. The second kappa shape index (κ2) is 11.4. The van der Waals surface area contributed by atoms with Crippen LogP contribution in [-0.2, 0) is 9.53 Å². The summed E-state index contributed by atoms with van der Waals surface area (Å²) in [7, 11) is 4.53. The number of methoxy groups -OCH3 is 3. The number of thiophene rings is 1. The third kappa shape index (κ3) is 5.85. The first-order valence-electron chi connectivity index (χ1n) is 9.99. The lowest BCUT2D eigenvalue weighted by atomic mass is 10.1. The molecule has 0 aliphatic heterocycles. The molecule has 0 radical (unpaired) electrons. The zero-order chi connectivity index (χ0) is 23.8. The van der Waals surface area contributed by atoms with Gasteiger partial charge in [-0.1, -0.05) is 12.1 Å². The fraction of sp³-hybridized carbons (Fsp3) is 0.261. The summed E-state index contributed by atoms with van der Waals surface area (Å²) in [6.45, 7) is 0.0879. The number of ether oxygens (including phenoxy) is 3. The fourth-order valence-electron chi connectivity index (χ4n) is 3.10. The number of hydrogen-bond acceptors (Lipinski definition) is 7. The molecule has 10 heteroatoms. The second-order valence-corrected chi connectivity index (χ2v) is 7.73. The Hall–Kier alpha value is -3.50. The molecule has 1 aromatic heterocycles. The van der Waals surface area contributed by atoms with E-state index in [9.17, 15) is 14.0 Å². The lowest BCUT2D eigenvalue weighted by Crippen LogP contribution is -2.35. The van der Waals surface area contributed by atoms with Crippen LogP contribution in [0.3, 0.4) is 0 Å². The van der Waals surface area contributed by atoms with E-state index in [4.69, 9.17) is 14.2 Å². The monoisotopic (exact) mass is 473 g/mol. The number of amides is 2. The van der Waals surface area contributed by atoms with Crippen molar-refractivity contribution in [2.45, 2.75) is 6.42 Å². The third-order valence-electron chi connectivity index (χ3n) is 4.78. The highest BCUT2D eigenvalue weighted by molar-refractivity contribution is 7.17. The van der Waals surface area contributed by atoms with E-state index in [1.165, 1.54) is 37.7 Å². The van der Waals surface area contributed by atoms with Crippen molar-refractivity contribution in [1.29, 1.82) is 0 Å². The predicted octanol–water partition coefficient (Wildman–Crippen LogP) is 3.34. The average molecular weight is 474 g/mol. The number of nitrogens with one attached hydrogen (secondary N) is 2. The van der Waals surface area contributed by atoms with Crippen LogP contribution in [0.25, 0.3) is 10.1 Å². The van der Waals surface area contributed by atoms with Gasteiger partial charge in [0.25, 0.3) is 11.8 Å². The summed E-state index contributed by atoms with van der Waals surface area (Å²) in [5.74, 6) is -0.373. The van der Waals surface area contributed by atoms with Crippen LogP contribution in [0, 0.1) is 5.82 Å². The molecule has 1 heterocycles. The van der Waals surface area contributed by atoms with Crippen LogP contribution >= 0.6 is 11.3 Å². The number of fused-ring (bicyclic) bond motifs is 1. The minimum atomic E-state index is -0.510. The van der Waals surface area contributed by atoms with Gasteiger partial charge in [-0.05, 0) is 24.3 Å². The molecule has 3 rings (SSSR count). The maximum absolute atomic E-state index is 14.1. The Morgan fingerprint density at radius 3 is 2.61 bits per heavy atom. The van der Waals surface area contributed by atoms with Gasteiger partial charge in [-0.3, -0.25) is 9.59 Å². The highest BCUT2D eigenvalue weighted by Gasteiger charge is 2.15. The molecule has 0 fully saturated rings. The zero-order valence-electron chi connectivity index (χ0n) is 18.4. The molecule has 8 nitrogen and oxygen atoms in total. The summed E-state index contributed by atoms with van der Waals surface area (Å²) >= 11 is 1.27. The van der Waals surface area contributed by atoms with E-state index in [1.54, 1.807) is 36.8 Å². The first-order chi connectivity index (χ1) is 16.0. The van der Waals surface area contributed by atoms with Crippen molar-refractivity contribution in [3.8, 4) is 11.5 Å². The molecule has 0 saturated carbocycles. The molecule has 0 aliphatic carbocycles. The highest BCUT2D eigenvalue weighted by atomic mass is 32.1. The van der Waals surface area contributed by atoms with Gasteiger partial charge in [-0.15, -0.1) is 11.3 Å². The van der Waals surface area contributed by atoms with Crippen molar-refractivity contribution in [3.63, 3.8) is 0 Å². The number of nitrogens with zero attached hydrogens (tertiary/aromatic N) is 1. The number of rotatable bonds is 10. The number of carbonyl (C=O) groups is 2. The summed E-state index contributed by atoms with van der Waals surface area (Å²) < 4.78 is 30.1. The highest BCUT2D eigenvalue weighted by Crippen LogP contribution is 2.29.